The molecule has 21 heavy (non-hydrogen) atoms. The van der Waals surface area contributed by atoms with Crippen LogP contribution in [0.5, 0.6) is 0 Å². The number of carbonyl (C=O) groups is 1. The first-order chi connectivity index (χ1) is 9.94. The van der Waals surface area contributed by atoms with E-state index >= 15 is 0 Å². The van der Waals surface area contributed by atoms with Gasteiger partial charge in [-0.2, -0.15) is 0 Å². The van der Waals surface area contributed by atoms with Crippen LogP contribution >= 0.6 is 0 Å². The first kappa shape index (κ1) is 14.4. The van der Waals surface area contributed by atoms with Gasteiger partial charge in [0.05, 0.1) is 5.60 Å². The first-order valence-electron chi connectivity index (χ1n) is 7.74. The van der Waals surface area contributed by atoms with Crippen LogP contribution in [0.4, 0.5) is 0 Å². The van der Waals surface area contributed by atoms with Crippen molar-refractivity contribution in [1.82, 2.24) is 4.90 Å². The van der Waals surface area contributed by atoms with Crippen molar-refractivity contribution in [3.8, 4) is 0 Å². The van der Waals surface area contributed by atoms with Crippen molar-refractivity contribution in [2.24, 2.45) is 5.92 Å². The minimum atomic E-state index is -0.762. The van der Waals surface area contributed by atoms with Gasteiger partial charge in [0.1, 0.15) is 11.5 Å². The lowest BCUT2D eigenvalue weighted by atomic mass is 9.95. The molecule has 0 radical (unpaired) electrons. The molecule has 3 atom stereocenters. The predicted molar refractivity (Wildman–Crippen MR) is 80.7 cm³/mol. The number of piperidine rings is 1. The van der Waals surface area contributed by atoms with Gasteiger partial charge in [-0.1, -0.05) is 6.92 Å². The number of aliphatic hydroxyl groups is 1. The van der Waals surface area contributed by atoms with Crippen molar-refractivity contribution < 1.29 is 14.3 Å². The Balaban J connectivity index is 1.60. The molecule has 1 aromatic heterocycles. The summed E-state index contributed by atoms with van der Waals surface area (Å²) in [7, 11) is 0. The van der Waals surface area contributed by atoms with Crippen molar-refractivity contribution in [3.05, 3.63) is 29.7 Å². The number of rotatable bonds is 3. The molecule has 1 aromatic rings. The summed E-state index contributed by atoms with van der Waals surface area (Å²) in [6, 6.07) is 3.92. The number of furan rings is 1. The monoisotopic (exact) mass is 289 g/mol. The van der Waals surface area contributed by atoms with Crippen LogP contribution in [0.1, 0.15) is 50.5 Å². The van der Waals surface area contributed by atoms with Crippen LogP contribution in [0.3, 0.4) is 0 Å². The first-order valence-corrected chi connectivity index (χ1v) is 7.74. The maximum Gasteiger partial charge on any atom is 0.246 e. The second kappa shape index (κ2) is 5.34. The largest absolute Gasteiger partial charge is 0.461 e. The van der Waals surface area contributed by atoms with Crippen LogP contribution < -0.4 is 0 Å². The van der Waals surface area contributed by atoms with Crippen LogP contribution in [-0.4, -0.2) is 34.6 Å². The van der Waals surface area contributed by atoms with Gasteiger partial charge < -0.3 is 14.4 Å². The Hall–Kier alpha value is -1.55. The van der Waals surface area contributed by atoms with Gasteiger partial charge in [-0.15, -0.1) is 0 Å². The molecule has 2 heterocycles. The molecule has 1 amide bonds. The fourth-order valence-corrected chi connectivity index (χ4v) is 3.04. The van der Waals surface area contributed by atoms with E-state index in [0.717, 1.165) is 24.4 Å². The summed E-state index contributed by atoms with van der Waals surface area (Å²) in [6.07, 6.45) is 6.06. The molecular weight excluding hydrogens is 266 g/mol. The summed E-state index contributed by atoms with van der Waals surface area (Å²) in [5.41, 5.74) is -0.762. The number of amides is 1. The molecule has 0 aromatic carbocycles. The van der Waals surface area contributed by atoms with Crippen LogP contribution in [0.15, 0.2) is 22.6 Å². The molecular formula is C17H23NO3. The second-order valence-electron chi connectivity index (χ2n) is 6.75. The van der Waals surface area contributed by atoms with E-state index in [1.807, 2.05) is 12.1 Å². The molecule has 4 nitrogen and oxygen atoms in total. The van der Waals surface area contributed by atoms with E-state index in [1.165, 1.54) is 6.42 Å². The van der Waals surface area contributed by atoms with Crippen LogP contribution in [0, 0.1) is 5.92 Å². The fraction of sp³-hybridized carbons (Fsp3) is 0.588. The molecule has 1 saturated heterocycles. The fourth-order valence-electron chi connectivity index (χ4n) is 3.04. The van der Waals surface area contributed by atoms with E-state index < -0.39 is 5.60 Å². The molecule has 1 aliphatic heterocycles. The van der Waals surface area contributed by atoms with Crippen LogP contribution in [0.2, 0.25) is 0 Å². The Morgan fingerprint density at radius 1 is 1.52 bits per heavy atom. The van der Waals surface area contributed by atoms with E-state index in [-0.39, 0.29) is 5.91 Å². The van der Waals surface area contributed by atoms with Gasteiger partial charge in [-0.05, 0) is 50.3 Å². The van der Waals surface area contributed by atoms with Gasteiger partial charge in [0.2, 0.25) is 5.91 Å². The zero-order chi connectivity index (χ0) is 15.0. The highest BCUT2D eigenvalue weighted by Crippen LogP contribution is 2.47. The Labute approximate surface area is 125 Å². The third-order valence-electron chi connectivity index (χ3n) is 4.50. The van der Waals surface area contributed by atoms with Crippen LogP contribution in [0.25, 0.3) is 6.08 Å². The van der Waals surface area contributed by atoms with E-state index in [9.17, 15) is 9.90 Å². The quantitative estimate of drug-likeness (QED) is 0.871. The average Bonchev–Trinajstić information content (AvgIpc) is 2.98. The van der Waals surface area contributed by atoms with Gasteiger partial charge in [-0.3, -0.25) is 4.79 Å². The third kappa shape index (κ3) is 3.38. The zero-order valence-corrected chi connectivity index (χ0v) is 12.7. The van der Waals surface area contributed by atoms with Crippen molar-refractivity contribution in [2.75, 3.05) is 13.1 Å². The smallest absolute Gasteiger partial charge is 0.246 e. The van der Waals surface area contributed by atoms with E-state index in [4.69, 9.17) is 4.42 Å². The second-order valence-corrected chi connectivity index (χ2v) is 6.75. The van der Waals surface area contributed by atoms with Crippen molar-refractivity contribution in [2.45, 2.75) is 44.6 Å². The highest BCUT2D eigenvalue weighted by atomic mass is 16.3. The maximum absolute atomic E-state index is 12.2. The summed E-state index contributed by atoms with van der Waals surface area (Å²) < 4.78 is 5.75. The lowest BCUT2D eigenvalue weighted by Gasteiger charge is -2.36. The van der Waals surface area contributed by atoms with Gasteiger partial charge in [0, 0.05) is 25.1 Å². The van der Waals surface area contributed by atoms with E-state index in [2.05, 4.69) is 6.92 Å². The molecule has 2 aliphatic rings. The molecule has 114 valence electrons. The molecule has 2 fully saturated rings. The highest BCUT2D eigenvalue weighted by molar-refractivity contribution is 5.91. The summed E-state index contributed by atoms with van der Waals surface area (Å²) in [6.45, 7) is 5.11. The molecule has 1 saturated carbocycles. The van der Waals surface area contributed by atoms with Gasteiger partial charge >= 0.3 is 0 Å². The molecule has 4 heteroatoms. The summed E-state index contributed by atoms with van der Waals surface area (Å²) in [5.74, 6) is 2.95. The minimum Gasteiger partial charge on any atom is -0.461 e. The Bertz CT molecular complexity index is 558. The van der Waals surface area contributed by atoms with Gasteiger partial charge in [0.15, 0.2) is 0 Å². The van der Waals surface area contributed by atoms with Gasteiger partial charge in [0.25, 0.3) is 0 Å². The number of β-amino-alcohol motifs (C(OH)–C–C–N with tert-alkyl or cyclic N) is 1. The molecule has 0 spiro atoms. The SMILES string of the molecule is CC1CC1c1ccc(/C=C/C(=O)N2CCCC(C)(O)C2)o1. The number of hydrogen-bond acceptors (Lipinski definition) is 3. The molecule has 3 rings (SSSR count). The van der Waals surface area contributed by atoms with Crippen molar-refractivity contribution >= 4 is 12.0 Å². The summed E-state index contributed by atoms with van der Waals surface area (Å²) >= 11 is 0. The lowest BCUT2D eigenvalue weighted by molar-refractivity contribution is -0.132. The normalized spacial score (nSPS) is 32.6. The molecule has 1 aliphatic carbocycles. The number of nitrogens with zero attached hydrogens (tertiary/aromatic N) is 1. The maximum atomic E-state index is 12.2. The number of hydrogen-bond donors (Lipinski definition) is 1. The molecule has 1 N–H and O–H groups in total. The third-order valence-corrected chi connectivity index (χ3v) is 4.50. The Kier molecular flexibility index (Phi) is 3.66. The molecule has 0 bridgehead atoms. The van der Waals surface area contributed by atoms with E-state index in [1.54, 1.807) is 24.0 Å². The topological polar surface area (TPSA) is 53.7 Å². The van der Waals surface area contributed by atoms with E-state index in [0.29, 0.717) is 24.9 Å². The standard InChI is InChI=1S/C17H23NO3/c1-12-10-14(12)15-6-4-13(21-15)5-7-16(19)18-9-3-8-17(2,20)11-18/h4-7,12,14,20H,3,8-11H2,1-2H3/b7-5+. The average molecular weight is 289 g/mol. The predicted octanol–water partition coefficient (Wildman–Crippen LogP) is 2.79. The van der Waals surface area contributed by atoms with Gasteiger partial charge in [-0.25, -0.2) is 0 Å². The number of likely N-dealkylation sites (tertiary alicyclic amines) is 1. The Morgan fingerprint density at radius 2 is 2.29 bits per heavy atom. The number of carbonyl (C=O) groups excluding carboxylic acids is 1. The lowest BCUT2D eigenvalue weighted by Crippen LogP contribution is -2.48. The summed E-state index contributed by atoms with van der Waals surface area (Å²) in [5, 5.41) is 10.0. The minimum absolute atomic E-state index is 0.0623. The Morgan fingerprint density at radius 3 is 2.95 bits per heavy atom. The summed E-state index contributed by atoms with van der Waals surface area (Å²) in [4.78, 5) is 13.9. The highest BCUT2D eigenvalue weighted by Gasteiger charge is 2.36. The van der Waals surface area contributed by atoms with Crippen molar-refractivity contribution in [3.63, 3.8) is 0 Å². The zero-order valence-electron chi connectivity index (χ0n) is 12.7. The van der Waals surface area contributed by atoms with Crippen molar-refractivity contribution in [1.29, 1.82) is 0 Å². The van der Waals surface area contributed by atoms with Crippen LogP contribution in [-0.2, 0) is 4.79 Å². The molecule has 3 unspecified atom stereocenters.